The Morgan fingerprint density at radius 2 is 0.626 bits per heavy atom. The fraction of sp³-hybridized carbons (Fsp3) is 0.768. The van der Waals surface area contributed by atoms with Crippen molar-refractivity contribution in [2.24, 2.45) is 0 Å². The Balaban J connectivity index is 4.01. The number of esters is 2. The molecule has 0 saturated heterocycles. The Bertz CT molecular complexity index is 1820. The third-order valence-electron chi connectivity index (χ3n) is 16.8. The van der Waals surface area contributed by atoms with Gasteiger partial charge in [0.1, 0.15) is 13.2 Å². The van der Waals surface area contributed by atoms with Gasteiger partial charge in [0, 0.05) is 12.8 Å². The van der Waals surface area contributed by atoms with Gasteiger partial charge < -0.3 is 28.5 Å². The van der Waals surface area contributed by atoms with Crippen molar-refractivity contribution in [1.82, 2.24) is 0 Å². The number of carboxylic acids is 1. The molecule has 2 unspecified atom stereocenters. The first-order valence-corrected chi connectivity index (χ1v) is 38.4. The minimum Gasteiger partial charge on any atom is -0.477 e. The predicted octanol–water partition coefficient (Wildman–Crippen LogP) is 24.4. The first kappa shape index (κ1) is 87.2. The van der Waals surface area contributed by atoms with Crippen LogP contribution in [0.4, 0.5) is 0 Å². The van der Waals surface area contributed by atoms with Gasteiger partial charge in [0.05, 0.1) is 34.4 Å². The molecule has 0 spiro atoms. The molecule has 0 aliphatic carbocycles. The number of allylic oxidation sites excluding steroid dienone is 16. The lowest BCUT2D eigenvalue weighted by molar-refractivity contribution is -0.870. The molecule has 0 aliphatic heterocycles. The average molecular weight is 1270 g/mol. The number of nitrogens with zero attached hydrogens (tertiary/aromatic N) is 1. The van der Waals surface area contributed by atoms with Crippen LogP contribution in [0.3, 0.4) is 0 Å². The van der Waals surface area contributed by atoms with E-state index in [0.717, 1.165) is 83.5 Å². The predicted molar refractivity (Wildman–Crippen MR) is 392 cm³/mol. The van der Waals surface area contributed by atoms with Crippen LogP contribution in [0.1, 0.15) is 348 Å². The van der Waals surface area contributed by atoms with Gasteiger partial charge in [-0.25, -0.2) is 4.79 Å². The third kappa shape index (κ3) is 73.5. The van der Waals surface area contributed by atoms with E-state index in [9.17, 15) is 19.5 Å². The first-order chi connectivity index (χ1) is 44.6. The molecule has 91 heavy (non-hydrogen) atoms. The number of ether oxygens (including phenoxy) is 4. The average Bonchev–Trinajstić information content (AvgIpc) is 3.53. The highest BCUT2D eigenvalue weighted by Crippen LogP contribution is 2.18. The molecule has 0 aromatic heterocycles. The molecule has 9 nitrogen and oxygen atoms in total. The molecular weight excluding hydrogens is 1130 g/mol. The van der Waals surface area contributed by atoms with Crippen molar-refractivity contribution in [2.75, 3.05) is 47.5 Å². The van der Waals surface area contributed by atoms with Gasteiger partial charge in [-0.15, -0.1) is 0 Å². The number of hydrogen-bond donors (Lipinski definition) is 1. The van der Waals surface area contributed by atoms with Crippen LogP contribution in [0, 0.1) is 0 Å². The van der Waals surface area contributed by atoms with Crippen LogP contribution in [0.5, 0.6) is 0 Å². The van der Waals surface area contributed by atoms with Gasteiger partial charge >= 0.3 is 17.9 Å². The Labute approximate surface area is 562 Å². The fourth-order valence-electron chi connectivity index (χ4n) is 11.0. The van der Waals surface area contributed by atoms with Crippen LogP contribution < -0.4 is 0 Å². The highest BCUT2D eigenvalue weighted by atomic mass is 16.7. The van der Waals surface area contributed by atoms with Gasteiger partial charge in [-0.2, -0.15) is 0 Å². The monoisotopic (exact) mass is 1270 g/mol. The number of carbonyl (C=O) groups excluding carboxylic acids is 2. The van der Waals surface area contributed by atoms with Crippen LogP contribution in [0.15, 0.2) is 97.2 Å². The van der Waals surface area contributed by atoms with Crippen molar-refractivity contribution in [2.45, 2.75) is 360 Å². The van der Waals surface area contributed by atoms with Gasteiger partial charge in [0.2, 0.25) is 0 Å². The van der Waals surface area contributed by atoms with E-state index in [-0.39, 0.29) is 38.2 Å². The van der Waals surface area contributed by atoms with E-state index in [0.29, 0.717) is 17.4 Å². The van der Waals surface area contributed by atoms with Crippen molar-refractivity contribution in [3.05, 3.63) is 97.2 Å². The molecular formula is C82H146NO8+. The zero-order chi connectivity index (χ0) is 66.1. The van der Waals surface area contributed by atoms with Crippen LogP contribution in [-0.4, -0.2) is 87.4 Å². The quantitative estimate of drug-likeness (QED) is 0.0211. The second-order valence-electron chi connectivity index (χ2n) is 26.9. The Hall–Kier alpha value is -3.79. The van der Waals surface area contributed by atoms with Crippen molar-refractivity contribution >= 4 is 17.9 Å². The highest BCUT2D eigenvalue weighted by Gasteiger charge is 2.25. The van der Waals surface area contributed by atoms with Gasteiger partial charge in [0.15, 0.2) is 6.10 Å². The van der Waals surface area contributed by atoms with Crippen molar-refractivity contribution < 1.29 is 42.9 Å². The summed E-state index contributed by atoms with van der Waals surface area (Å²) in [5, 5.41) is 9.76. The Morgan fingerprint density at radius 1 is 0.341 bits per heavy atom. The molecule has 9 heteroatoms. The van der Waals surface area contributed by atoms with E-state index in [4.69, 9.17) is 18.9 Å². The molecule has 0 radical (unpaired) electrons. The van der Waals surface area contributed by atoms with Gasteiger partial charge in [-0.05, 0) is 96.3 Å². The maximum absolute atomic E-state index is 13.0. The number of carboxylic acid groups (broad SMARTS) is 1. The first-order valence-electron chi connectivity index (χ1n) is 38.4. The topological polar surface area (TPSA) is 108 Å². The summed E-state index contributed by atoms with van der Waals surface area (Å²) < 4.78 is 23.0. The van der Waals surface area contributed by atoms with Gasteiger partial charge in [-0.3, -0.25) is 9.59 Å². The summed E-state index contributed by atoms with van der Waals surface area (Å²) in [5.74, 6) is -1.99. The van der Waals surface area contributed by atoms with Crippen LogP contribution >= 0.6 is 0 Å². The summed E-state index contributed by atoms with van der Waals surface area (Å²) in [6.45, 7) is 4.81. The molecule has 2 atom stereocenters. The molecule has 0 saturated carbocycles. The summed E-state index contributed by atoms with van der Waals surface area (Å²) in [6.07, 6.45) is 96.9. The molecule has 526 valence electrons. The van der Waals surface area contributed by atoms with E-state index in [1.54, 1.807) is 0 Å². The fourth-order valence-corrected chi connectivity index (χ4v) is 11.0. The molecule has 0 fully saturated rings. The summed E-state index contributed by atoms with van der Waals surface area (Å²) in [7, 11) is 5.99. The number of quaternary nitrogens is 1. The zero-order valence-corrected chi connectivity index (χ0v) is 60.2. The SMILES string of the molecule is CC/C=C\C/C=C\C/C=C\C/C=C\C/C=C\C/C=C\C/C=C\CCCCCCCCCCCCCCCCCCCCCC(=O)OC(COC(=O)CCCCCCCCCCCCCCC/C=C\CCCCCCCCCC)COC(OCC[N+](C)(C)C)C(=O)O. The number of hydrogen-bond acceptors (Lipinski definition) is 7. The Morgan fingerprint density at radius 3 is 0.945 bits per heavy atom. The summed E-state index contributed by atoms with van der Waals surface area (Å²) in [6, 6.07) is 0. The van der Waals surface area contributed by atoms with Crippen LogP contribution in [0.25, 0.3) is 0 Å². The molecule has 1 N–H and O–H groups in total. The maximum atomic E-state index is 13.0. The van der Waals surface area contributed by atoms with E-state index >= 15 is 0 Å². The minimum absolute atomic E-state index is 0.180. The Kier molecular flexibility index (Phi) is 69.0. The number of unbranched alkanes of at least 4 members (excludes halogenated alkanes) is 40. The van der Waals surface area contributed by atoms with Gasteiger partial charge in [-0.1, -0.05) is 336 Å². The third-order valence-corrected chi connectivity index (χ3v) is 16.8. The molecule has 0 bridgehead atoms. The number of aliphatic carboxylic acids is 1. The summed E-state index contributed by atoms with van der Waals surface area (Å²) in [4.78, 5) is 37.7. The number of carbonyl (C=O) groups is 3. The second-order valence-corrected chi connectivity index (χ2v) is 26.9. The smallest absolute Gasteiger partial charge is 0.361 e. The van der Waals surface area contributed by atoms with E-state index in [2.05, 4.69) is 111 Å². The summed E-state index contributed by atoms with van der Waals surface area (Å²) in [5.41, 5.74) is 0. The molecule has 0 aromatic rings. The molecule has 0 aromatic carbocycles. The summed E-state index contributed by atoms with van der Waals surface area (Å²) >= 11 is 0. The highest BCUT2D eigenvalue weighted by molar-refractivity contribution is 5.71. The maximum Gasteiger partial charge on any atom is 0.361 e. The number of likely N-dealkylation sites (N-methyl/N-ethyl adjacent to an activating group) is 1. The standard InChI is InChI=1S/C82H145NO8/c1-6-8-10-12-14-16-18-20-22-24-26-28-30-32-33-34-35-36-37-38-39-40-41-42-43-44-45-46-47-49-51-53-55-57-59-61-63-65-67-69-71-73-80(85)91-78(77-90-82(81(86)87)88-75-74-83(3,4)5)76-89-79(84)72-70-68-66-64-62-60-58-56-54-52-50-48-31-29-27-25-23-21-19-17-15-13-11-9-7-2/h8,10,14,16,20,22,25-28,32-33,35-36,38-39,78,82H,6-7,9,11-13,15,17-19,21,23-24,29-31,34,37,40-77H2,1-5H3/p+1/b10-8-,16-14-,22-20-,27-25-,28-26-,33-32-,36-35-,39-38-. The second kappa shape index (κ2) is 72.0. The lowest BCUT2D eigenvalue weighted by Gasteiger charge is -2.25. The van der Waals surface area contributed by atoms with Crippen molar-refractivity contribution in [3.8, 4) is 0 Å². The van der Waals surface area contributed by atoms with E-state index in [1.807, 2.05) is 21.1 Å². The zero-order valence-electron chi connectivity index (χ0n) is 60.2. The van der Waals surface area contributed by atoms with Gasteiger partial charge in [0.25, 0.3) is 6.29 Å². The minimum atomic E-state index is -1.51. The van der Waals surface area contributed by atoms with Crippen LogP contribution in [-0.2, 0) is 33.3 Å². The lowest BCUT2D eigenvalue weighted by Crippen LogP contribution is -2.40. The normalized spacial score (nSPS) is 13.2. The van der Waals surface area contributed by atoms with E-state index in [1.165, 1.54) is 238 Å². The number of rotatable bonds is 71. The molecule has 0 aliphatic rings. The lowest BCUT2D eigenvalue weighted by atomic mass is 10.0. The molecule has 0 rings (SSSR count). The molecule has 0 amide bonds. The van der Waals surface area contributed by atoms with E-state index < -0.39 is 18.4 Å². The van der Waals surface area contributed by atoms with Crippen LogP contribution in [0.2, 0.25) is 0 Å². The van der Waals surface area contributed by atoms with Crippen molar-refractivity contribution in [3.63, 3.8) is 0 Å². The largest absolute Gasteiger partial charge is 0.477 e. The van der Waals surface area contributed by atoms with Crippen molar-refractivity contribution in [1.29, 1.82) is 0 Å². The molecule has 0 heterocycles.